The third kappa shape index (κ3) is 3.15. The smallest absolute Gasteiger partial charge is 0.136 e. The minimum absolute atomic E-state index is 0.0677. The van der Waals surface area contributed by atoms with Crippen LogP contribution in [0.2, 0.25) is 0 Å². The number of fused-ring (bicyclic) bond motifs is 1. The number of benzene rings is 1. The molecule has 0 aliphatic rings. The molecule has 0 N–H and O–H groups in total. The summed E-state index contributed by atoms with van der Waals surface area (Å²) >= 11 is 3.50. The van der Waals surface area contributed by atoms with E-state index in [1.54, 1.807) is 0 Å². The Morgan fingerprint density at radius 3 is 2.79 bits per heavy atom. The van der Waals surface area contributed by atoms with Crippen LogP contribution < -0.4 is 4.74 Å². The number of carbonyl (C=O) groups is 1. The van der Waals surface area contributed by atoms with Gasteiger partial charge in [0, 0.05) is 24.1 Å². The second kappa shape index (κ2) is 5.74. The number of rotatable bonds is 5. The maximum atomic E-state index is 10.6. The number of aldehydes is 1. The van der Waals surface area contributed by atoms with E-state index < -0.39 is 0 Å². The molecule has 0 saturated heterocycles. The molecule has 2 rings (SSSR count). The van der Waals surface area contributed by atoms with Crippen LogP contribution in [0.4, 0.5) is 0 Å². The molecule has 1 unspecified atom stereocenters. The number of aromatic nitrogens is 2. The van der Waals surface area contributed by atoms with Crippen molar-refractivity contribution in [2.45, 2.75) is 39.3 Å². The number of carbonyl (C=O) groups excluding carboxylic acids is 1. The zero-order valence-electron chi connectivity index (χ0n) is 11.3. The first-order valence-electron chi connectivity index (χ1n) is 6.30. The minimum atomic E-state index is 0.0677. The van der Waals surface area contributed by atoms with Gasteiger partial charge in [0.1, 0.15) is 12.0 Å². The summed E-state index contributed by atoms with van der Waals surface area (Å²) in [4.78, 5) is 10.6. The topological polar surface area (TPSA) is 44.1 Å². The van der Waals surface area contributed by atoms with Gasteiger partial charge in [0.25, 0.3) is 0 Å². The van der Waals surface area contributed by atoms with Crippen LogP contribution in [-0.2, 0) is 4.79 Å². The molecule has 102 valence electrons. The van der Waals surface area contributed by atoms with E-state index in [0.717, 1.165) is 27.4 Å². The van der Waals surface area contributed by atoms with E-state index in [4.69, 9.17) is 4.74 Å². The zero-order valence-corrected chi connectivity index (χ0v) is 12.8. The molecule has 0 spiro atoms. The lowest BCUT2D eigenvalue weighted by molar-refractivity contribution is -0.108. The van der Waals surface area contributed by atoms with Gasteiger partial charge in [0.2, 0.25) is 0 Å². The minimum Gasteiger partial charge on any atom is -0.490 e. The summed E-state index contributed by atoms with van der Waals surface area (Å²) in [5.74, 6) is 0.788. The van der Waals surface area contributed by atoms with E-state index >= 15 is 0 Å². The summed E-state index contributed by atoms with van der Waals surface area (Å²) in [7, 11) is 0. The summed E-state index contributed by atoms with van der Waals surface area (Å²) in [5, 5.41) is 5.53. The van der Waals surface area contributed by atoms with E-state index in [-0.39, 0.29) is 12.1 Å². The lowest BCUT2D eigenvalue weighted by Crippen LogP contribution is -2.06. The van der Waals surface area contributed by atoms with Crippen LogP contribution in [-0.4, -0.2) is 22.2 Å². The number of halogens is 1. The monoisotopic (exact) mass is 324 g/mol. The molecule has 1 atom stereocenters. The molecule has 0 aliphatic carbocycles. The number of hydrogen-bond donors (Lipinski definition) is 0. The molecular weight excluding hydrogens is 308 g/mol. The second-order valence-electron chi connectivity index (χ2n) is 4.87. The van der Waals surface area contributed by atoms with Gasteiger partial charge in [0.15, 0.2) is 0 Å². The highest BCUT2D eigenvalue weighted by Crippen LogP contribution is 2.31. The first-order valence-corrected chi connectivity index (χ1v) is 7.09. The van der Waals surface area contributed by atoms with Crippen LogP contribution in [0.15, 0.2) is 22.8 Å². The Morgan fingerprint density at radius 1 is 1.42 bits per heavy atom. The second-order valence-corrected chi connectivity index (χ2v) is 5.72. The maximum Gasteiger partial charge on any atom is 0.136 e. The van der Waals surface area contributed by atoms with Gasteiger partial charge >= 0.3 is 0 Å². The van der Waals surface area contributed by atoms with Gasteiger partial charge in [-0.25, -0.2) is 0 Å². The fourth-order valence-corrected chi connectivity index (χ4v) is 2.32. The highest BCUT2D eigenvalue weighted by molar-refractivity contribution is 9.10. The van der Waals surface area contributed by atoms with Gasteiger partial charge in [-0.3, -0.25) is 4.68 Å². The quantitative estimate of drug-likeness (QED) is 0.787. The maximum absolute atomic E-state index is 10.6. The van der Waals surface area contributed by atoms with Crippen LogP contribution in [0.3, 0.4) is 0 Å². The first-order chi connectivity index (χ1) is 9.01. The molecule has 0 bridgehead atoms. The lowest BCUT2D eigenvalue weighted by Gasteiger charge is -2.11. The van der Waals surface area contributed by atoms with E-state index in [1.807, 2.05) is 43.8 Å². The summed E-state index contributed by atoms with van der Waals surface area (Å²) in [5.41, 5.74) is 0.872. The van der Waals surface area contributed by atoms with Crippen molar-refractivity contribution in [2.24, 2.45) is 0 Å². The Balaban J connectivity index is 2.39. The molecule has 1 aromatic heterocycles. The Labute approximate surface area is 120 Å². The molecule has 5 heteroatoms. The lowest BCUT2D eigenvalue weighted by atomic mass is 10.2. The Kier molecular flexibility index (Phi) is 4.24. The Bertz CT molecular complexity index is 592. The highest BCUT2D eigenvalue weighted by Gasteiger charge is 2.11. The van der Waals surface area contributed by atoms with Crippen molar-refractivity contribution >= 4 is 33.1 Å². The predicted molar refractivity (Wildman–Crippen MR) is 78.6 cm³/mol. The first kappa shape index (κ1) is 14.1. The average Bonchev–Trinajstić information content (AvgIpc) is 2.72. The van der Waals surface area contributed by atoms with Gasteiger partial charge in [-0.2, -0.15) is 5.10 Å². The fraction of sp³-hybridized carbons (Fsp3) is 0.429. The highest BCUT2D eigenvalue weighted by atomic mass is 79.9. The SMILES string of the molecule is CC(C)Oc1cc2nn(C(C)CC=O)cc2cc1Br. The van der Waals surface area contributed by atoms with Crippen molar-refractivity contribution in [3.8, 4) is 5.75 Å². The molecule has 0 amide bonds. The third-order valence-corrected chi connectivity index (χ3v) is 3.45. The van der Waals surface area contributed by atoms with E-state index in [9.17, 15) is 4.79 Å². The van der Waals surface area contributed by atoms with Crippen LogP contribution in [0.25, 0.3) is 10.9 Å². The zero-order chi connectivity index (χ0) is 14.0. The largest absolute Gasteiger partial charge is 0.490 e. The third-order valence-electron chi connectivity index (χ3n) is 2.83. The average molecular weight is 325 g/mol. The van der Waals surface area contributed by atoms with E-state index in [0.29, 0.717) is 6.42 Å². The van der Waals surface area contributed by atoms with E-state index in [1.165, 1.54) is 0 Å². The van der Waals surface area contributed by atoms with Gasteiger partial charge in [-0.15, -0.1) is 0 Å². The molecule has 19 heavy (non-hydrogen) atoms. The fourth-order valence-electron chi connectivity index (χ4n) is 1.86. The summed E-state index contributed by atoms with van der Waals surface area (Å²) in [6.45, 7) is 5.95. The molecule has 1 aromatic carbocycles. The normalized spacial score (nSPS) is 12.9. The number of hydrogen-bond acceptors (Lipinski definition) is 3. The van der Waals surface area contributed by atoms with Crippen LogP contribution >= 0.6 is 15.9 Å². The molecular formula is C14H17BrN2O2. The number of ether oxygens (including phenoxy) is 1. The van der Waals surface area contributed by atoms with Crippen LogP contribution in [0.5, 0.6) is 5.75 Å². The van der Waals surface area contributed by atoms with Gasteiger partial charge < -0.3 is 9.53 Å². The molecule has 1 heterocycles. The van der Waals surface area contributed by atoms with Crippen molar-refractivity contribution < 1.29 is 9.53 Å². The van der Waals surface area contributed by atoms with Crippen LogP contribution in [0, 0.1) is 0 Å². The summed E-state index contributed by atoms with van der Waals surface area (Å²) in [6.07, 6.45) is 3.45. The molecule has 2 aromatic rings. The summed E-state index contributed by atoms with van der Waals surface area (Å²) < 4.78 is 8.46. The Morgan fingerprint density at radius 2 is 2.16 bits per heavy atom. The van der Waals surface area contributed by atoms with Gasteiger partial charge in [0.05, 0.1) is 22.1 Å². The van der Waals surface area contributed by atoms with Gasteiger partial charge in [-0.1, -0.05) is 0 Å². The molecule has 0 saturated carbocycles. The van der Waals surface area contributed by atoms with Crippen molar-refractivity contribution in [3.05, 3.63) is 22.8 Å². The molecule has 0 fully saturated rings. The van der Waals surface area contributed by atoms with Crippen molar-refractivity contribution in [1.29, 1.82) is 0 Å². The number of nitrogens with zero attached hydrogens (tertiary/aromatic N) is 2. The summed E-state index contributed by atoms with van der Waals surface area (Å²) in [6, 6.07) is 3.98. The predicted octanol–water partition coefficient (Wildman–Crippen LogP) is 3.74. The molecule has 4 nitrogen and oxygen atoms in total. The Hall–Kier alpha value is -1.36. The molecule has 0 radical (unpaired) electrons. The van der Waals surface area contributed by atoms with E-state index in [2.05, 4.69) is 21.0 Å². The van der Waals surface area contributed by atoms with Crippen molar-refractivity contribution in [2.75, 3.05) is 0 Å². The van der Waals surface area contributed by atoms with Crippen molar-refractivity contribution in [3.63, 3.8) is 0 Å². The standard InChI is InChI=1S/C14H17BrN2O2/c1-9(2)19-14-7-13-11(6-12(14)15)8-17(16-13)10(3)4-5-18/h5-10H,4H2,1-3H3. The van der Waals surface area contributed by atoms with Crippen LogP contribution in [0.1, 0.15) is 33.2 Å². The van der Waals surface area contributed by atoms with Crippen molar-refractivity contribution in [1.82, 2.24) is 9.78 Å². The van der Waals surface area contributed by atoms with Gasteiger partial charge in [-0.05, 0) is 42.8 Å². The molecule has 0 aliphatic heterocycles.